The number of ether oxygens (including phenoxy) is 3. The topological polar surface area (TPSA) is 64.1 Å². The maximum Gasteiger partial charge on any atom is 0.420 e. The van der Waals surface area contributed by atoms with Crippen LogP contribution in [0.15, 0.2) is 28.9 Å². The second-order valence-electron chi connectivity index (χ2n) is 8.07. The third-order valence-corrected chi connectivity index (χ3v) is 5.50. The van der Waals surface area contributed by atoms with Crippen molar-refractivity contribution in [2.75, 3.05) is 36.1 Å². The van der Waals surface area contributed by atoms with Crippen molar-refractivity contribution in [1.29, 1.82) is 0 Å². The second kappa shape index (κ2) is 8.24. The molecule has 2 aliphatic heterocycles. The molecule has 1 saturated heterocycles. The van der Waals surface area contributed by atoms with Gasteiger partial charge >= 0.3 is 6.09 Å². The summed E-state index contributed by atoms with van der Waals surface area (Å²) in [5.41, 5.74) is 1.43. The fourth-order valence-corrected chi connectivity index (χ4v) is 4.14. The van der Waals surface area contributed by atoms with E-state index in [1.807, 2.05) is 39.0 Å². The molecule has 3 heterocycles. The maximum atomic E-state index is 13.3. The Balaban J connectivity index is 1.89. The van der Waals surface area contributed by atoms with Crippen LogP contribution in [0.3, 0.4) is 0 Å². The van der Waals surface area contributed by atoms with E-state index < -0.39 is 11.7 Å². The predicted octanol–water partition coefficient (Wildman–Crippen LogP) is 5.30. The largest absolute Gasteiger partial charge is 0.486 e. The van der Waals surface area contributed by atoms with Crippen molar-refractivity contribution in [2.45, 2.75) is 33.0 Å². The van der Waals surface area contributed by atoms with Crippen LogP contribution >= 0.6 is 27.5 Å². The first-order chi connectivity index (χ1) is 14.2. The number of hydrogen-bond acceptors (Lipinski definition) is 6. The van der Waals surface area contributed by atoms with Gasteiger partial charge < -0.3 is 19.1 Å². The van der Waals surface area contributed by atoms with Crippen molar-refractivity contribution in [1.82, 2.24) is 4.98 Å². The minimum absolute atomic E-state index is 0.226. The smallest absolute Gasteiger partial charge is 0.420 e. The number of benzene rings is 1. The van der Waals surface area contributed by atoms with Gasteiger partial charge in [-0.05, 0) is 39.0 Å². The molecule has 2 aromatic rings. The van der Waals surface area contributed by atoms with Crippen LogP contribution in [0, 0.1) is 0 Å². The fraction of sp³-hybridized carbons (Fsp3) is 0.429. The second-order valence-corrected chi connectivity index (χ2v) is 9.40. The van der Waals surface area contributed by atoms with Crippen LogP contribution in [0.2, 0.25) is 5.02 Å². The minimum atomic E-state index is -0.671. The lowest BCUT2D eigenvalue weighted by Crippen LogP contribution is -2.38. The highest BCUT2D eigenvalue weighted by Gasteiger charge is 2.35. The molecule has 1 fully saturated rings. The van der Waals surface area contributed by atoms with E-state index in [9.17, 15) is 4.79 Å². The molecular formula is C21H23BrClN3O4. The van der Waals surface area contributed by atoms with Crippen molar-refractivity contribution in [3.63, 3.8) is 0 Å². The van der Waals surface area contributed by atoms with Crippen molar-refractivity contribution >= 4 is 50.8 Å². The summed E-state index contributed by atoms with van der Waals surface area (Å²) in [6.07, 6.45) is 1.04. The zero-order chi connectivity index (χ0) is 21.5. The van der Waals surface area contributed by atoms with E-state index in [-0.39, 0.29) is 6.61 Å². The summed E-state index contributed by atoms with van der Waals surface area (Å²) in [5.74, 6) is 1.01. The van der Waals surface area contributed by atoms with Crippen LogP contribution in [0.4, 0.5) is 22.0 Å². The molecule has 0 unspecified atom stereocenters. The Hall–Kier alpha value is -2.03. The van der Waals surface area contributed by atoms with Gasteiger partial charge in [-0.1, -0.05) is 27.5 Å². The Morgan fingerprint density at radius 1 is 1.27 bits per heavy atom. The Bertz CT molecular complexity index is 973. The molecule has 1 aromatic heterocycles. The summed E-state index contributed by atoms with van der Waals surface area (Å²) < 4.78 is 18.1. The average molecular weight is 497 g/mol. The highest BCUT2D eigenvalue weighted by atomic mass is 79.9. The van der Waals surface area contributed by atoms with Gasteiger partial charge in [-0.25, -0.2) is 14.7 Å². The Morgan fingerprint density at radius 3 is 2.70 bits per heavy atom. The van der Waals surface area contributed by atoms with E-state index in [1.54, 1.807) is 6.20 Å². The maximum absolute atomic E-state index is 13.3. The van der Waals surface area contributed by atoms with Crippen LogP contribution in [0.1, 0.15) is 26.3 Å². The molecule has 0 saturated carbocycles. The van der Waals surface area contributed by atoms with E-state index >= 15 is 0 Å². The van der Waals surface area contributed by atoms with Gasteiger partial charge in [0, 0.05) is 17.6 Å². The normalized spacial score (nSPS) is 16.3. The number of morpholine rings is 1. The summed E-state index contributed by atoms with van der Waals surface area (Å²) in [4.78, 5) is 21.5. The van der Waals surface area contributed by atoms with Crippen LogP contribution in [-0.2, 0) is 16.1 Å². The molecule has 2 aliphatic rings. The monoisotopic (exact) mass is 495 g/mol. The number of amides is 1. The van der Waals surface area contributed by atoms with Gasteiger partial charge in [0.25, 0.3) is 0 Å². The molecule has 0 atom stereocenters. The first kappa shape index (κ1) is 21.2. The number of halogens is 2. The Labute approximate surface area is 189 Å². The number of pyridine rings is 1. The summed E-state index contributed by atoms with van der Waals surface area (Å²) in [6, 6.07) is 5.50. The SMILES string of the molecule is CC(C)(C)OC(=O)N1c2cc(Br)ccc2OCc2c1ncc(Cl)c2N1CCOCC1. The van der Waals surface area contributed by atoms with Crippen LogP contribution in [-0.4, -0.2) is 43.0 Å². The summed E-state index contributed by atoms with van der Waals surface area (Å²) >= 11 is 10.1. The summed E-state index contributed by atoms with van der Waals surface area (Å²) in [5, 5.41) is 0.510. The average Bonchev–Trinajstić information content (AvgIpc) is 2.83. The van der Waals surface area contributed by atoms with E-state index in [1.165, 1.54) is 4.90 Å². The Morgan fingerprint density at radius 2 is 2.00 bits per heavy atom. The van der Waals surface area contributed by atoms with Gasteiger partial charge in [-0.3, -0.25) is 0 Å². The lowest BCUT2D eigenvalue weighted by atomic mass is 10.1. The number of aromatic nitrogens is 1. The molecule has 1 aromatic carbocycles. The molecular weight excluding hydrogens is 474 g/mol. The van der Waals surface area contributed by atoms with E-state index in [4.69, 9.17) is 25.8 Å². The highest BCUT2D eigenvalue weighted by molar-refractivity contribution is 9.10. The first-order valence-electron chi connectivity index (χ1n) is 9.70. The van der Waals surface area contributed by atoms with Crippen molar-refractivity contribution in [3.05, 3.63) is 39.5 Å². The standard InChI is InChI=1S/C21H23BrClN3O4/c1-21(2,3)30-20(27)26-16-10-13(22)4-5-17(16)29-12-14-18(15(23)11-24-19(14)26)25-6-8-28-9-7-25/h4-5,10-11H,6-9,12H2,1-3H3. The fourth-order valence-electron chi connectivity index (χ4n) is 3.51. The number of nitrogens with zero attached hydrogens (tertiary/aromatic N) is 3. The van der Waals surface area contributed by atoms with Gasteiger partial charge in [0.15, 0.2) is 5.82 Å². The predicted molar refractivity (Wildman–Crippen MR) is 119 cm³/mol. The molecule has 30 heavy (non-hydrogen) atoms. The number of fused-ring (bicyclic) bond motifs is 2. The molecule has 0 N–H and O–H groups in total. The number of anilines is 3. The third-order valence-electron chi connectivity index (χ3n) is 4.73. The van der Waals surface area contributed by atoms with E-state index in [0.717, 1.165) is 15.7 Å². The number of hydrogen-bond donors (Lipinski definition) is 0. The van der Waals surface area contributed by atoms with Crippen molar-refractivity contribution < 1.29 is 19.0 Å². The van der Waals surface area contributed by atoms with Crippen molar-refractivity contribution in [2.24, 2.45) is 0 Å². The molecule has 0 spiro atoms. The molecule has 0 aliphatic carbocycles. The first-order valence-corrected chi connectivity index (χ1v) is 10.9. The lowest BCUT2D eigenvalue weighted by Gasteiger charge is -2.32. The van der Waals surface area contributed by atoms with Crippen LogP contribution in [0.25, 0.3) is 0 Å². The van der Waals surface area contributed by atoms with Gasteiger partial charge in [0.1, 0.15) is 18.0 Å². The van der Waals surface area contributed by atoms with Gasteiger partial charge in [-0.2, -0.15) is 0 Å². The molecule has 9 heteroatoms. The van der Waals surface area contributed by atoms with E-state index in [2.05, 4.69) is 25.8 Å². The summed E-state index contributed by atoms with van der Waals surface area (Å²) in [7, 11) is 0. The molecule has 4 rings (SSSR count). The number of carbonyl (C=O) groups excluding carboxylic acids is 1. The quantitative estimate of drug-likeness (QED) is 0.534. The molecule has 160 valence electrons. The third kappa shape index (κ3) is 4.22. The van der Waals surface area contributed by atoms with Crippen LogP contribution < -0.4 is 14.5 Å². The van der Waals surface area contributed by atoms with E-state index in [0.29, 0.717) is 48.6 Å². The van der Waals surface area contributed by atoms with Crippen LogP contribution in [0.5, 0.6) is 5.75 Å². The summed E-state index contributed by atoms with van der Waals surface area (Å²) in [6.45, 7) is 8.32. The highest BCUT2D eigenvalue weighted by Crippen LogP contribution is 2.45. The van der Waals surface area contributed by atoms with Crippen molar-refractivity contribution in [3.8, 4) is 5.75 Å². The van der Waals surface area contributed by atoms with Gasteiger partial charge in [0.2, 0.25) is 0 Å². The lowest BCUT2D eigenvalue weighted by molar-refractivity contribution is 0.0598. The molecule has 0 bridgehead atoms. The molecule has 0 radical (unpaired) electrons. The number of carbonyl (C=O) groups is 1. The van der Waals surface area contributed by atoms with Gasteiger partial charge in [0.05, 0.1) is 41.4 Å². The Kier molecular flexibility index (Phi) is 5.83. The van der Waals surface area contributed by atoms with Gasteiger partial charge in [-0.15, -0.1) is 0 Å². The molecule has 1 amide bonds. The zero-order valence-corrected chi connectivity index (χ0v) is 19.4. The molecule has 7 nitrogen and oxygen atoms in total. The minimum Gasteiger partial charge on any atom is -0.486 e. The number of rotatable bonds is 1. The zero-order valence-electron chi connectivity index (χ0n) is 17.1.